The number of carbonyl (C=O) groups excluding carboxylic acids is 5. The summed E-state index contributed by atoms with van der Waals surface area (Å²) >= 11 is 0. The number of hydrogen-bond donors (Lipinski definition) is 0. The summed E-state index contributed by atoms with van der Waals surface area (Å²) in [6.07, 6.45) is -11.7. The Morgan fingerprint density at radius 3 is 0.290 bits per heavy atom. The number of halogens is 5. The summed E-state index contributed by atoms with van der Waals surface area (Å²) in [6.45, 7) is 0. The number of carbonyl (C=O) groups is 5. The fraction of sp³-hybridized carbons (Fsp3) is 0. The largest absolute Gasteiger partial charge is 3.00 e. The maximum absolute atomic E-state index is 8.33. The first-order valence-electron chi connectivity index (χ1n) is 3.06. The van der Waals surface area contributed by atoms with Gasteiger partial charge in [-0.25, -0.2) is 0 Å². The van der Waals surface area contributed by atoms with E-state index in [0.29, 0.717) is 0 Å². The number of hydrogen-bond acceptors (Lipinski definition) is 15. The van der Waals surface area contributed by atoms with Gasteiger partial charge in [0.15, 0.2) is 0 Å². The number of carboxylic acid groups (broad SMARTS) is 10. The van der Waals surface area contributed by atoms with Gasteiger partial charge in [0.1, 0.15) is 0 Å². The molecule has 0 aromatic rings. The summed E-state index contributed by atoms with van der Waals surface area (Å²) in [6, 6.07) is 0. The van der Waals surface area contributed by atoms with Crippen LogP contribution in [0.4, 0.5) is 24.0 Å². The van der Waals surface area contributed by atoms with Gasteiger partial charge >= 0.3 is 238 Å². The first-order valence-corrected chi connectivity index (χ1v) is 3.06. The summed E-state index contributed by atoms with van der Waals surface area (Å²) in [4.78, 5) is 41.7. The van der Waals surface area contributed by atoms with Gasteiger partial charge in [-0.15, -0.1) is 0 Å². The van der Waals surface area contributed by atoms with Gasteiger partial charge in [0.25, 0.3) is 0 Å². The Balaban J connectivity index is -0.00000000595. The van der Waals surface area contributed by atoms with Crippen molar-refractivity contribution in [2.24, 2.45) is 0 Å². The van der Waals surface area contributed by atoms with Crippen LogP contribution < -0.4 is 74.6 Å². The topological polar surface area (TPSA) is 316 Å². The van der Waals surface area contributed by atoms with E-state index in [0.717, 1.165) is 0 Å². The van der Waals surface area contributed by atoms with Gasteiger partial charge in [0.2, 0.25) is 0 Å². The normalized spacial score (nSPS) is 3.87. The maximum atomic E-state index is 8.33. The summed E-state index contributed by atoms with van der Waals surface area (Å²) in [5.41, 5.74) is 0. The SMILES string of the molecule is O=C([O-])[O-].O=C([O-])[O-].O=C([O-])[O-].O=C([O-])[O-].O=C([O-])[O-].[Ca+2].[Ca+2].[Ca+2].[Ce+3].[Ce+3].[Ce+3].[F-].[F-].[F-].[F-].[F-]. The van der Waals surface area contributed by atoms with Gasteiger partial charge < -0.3 is 98.6 Å². The molecule has 0 N–H and O–H groups in total. The van der Waals surface area contributed by atoms with Crippen LogP contribution in [0.1, 0.15) is 0 Å². The van der Waals surface area contributed by atoms with Crippen LogP contribution in [0.3, 0.4) is 0 Å². The van der Waals surface area contributed by atoms with Crippen molar-refractivity contribution in [3.63, 3.8) is 0 Å². The van der Waals surface area contributed by atoms with E-state index >= 15 is 0 Å². The summed E-state index contributed by atoms with van der Waals surface area (Å²) in [5.74, 6) is 0. The van der Waals surface area contributed by atoms with Crippen LogP contribution in [-0.2, 0) is 0 Å². The van der Waals surface area contributed by atoms with E-state index < -0.39 is 30.8 Å². The molecule has 0 aliphatic carbocycles. The average molecular weight is 936 g/mol. The Kier molecular flexibility index (Phi) is 372. The van der Waals surface area contributed by atoms with Crippen LogP contribution >= 0.6 is 0 Å². The molecule has 0 fully saturated rings. The van der Waals surface area contributed by atoms with Gasteiger partial charge in [-0.2, -0.15) is 0 Å². The van der Waals surface area contributed by atoms with Crippen molar-refractivity contribution in [1.82, 2.24) is 0 Å². The molecule has 0 aromatic heterocycles. The van der Waals surface area contributed by atoms with E-state index in [1.165, 1.54) is 0 Å². The molecule has 0 spiro atoms. The molecule has 0 rings (SSSR count). The molecule has 0 aromatic carbocycles. The third-order valence-corrected chi connectivity index (χ3v) is 0. The number of rotatable bonds is 0. The van der Waals surface area contributed by atoms with Crippen molar-refractivity contribution < 1.29 is 224 Å². The van der Waals surface area contributed by atoms with Crippen molar-refractivity contribution in [3.05, 3.63) is 0 Å². The van der Waals surface area contributed by atoms with E-state index in [-0.39, 0.29) is 262 Å². The van der Waals surface area contributed by atoms with Gasteiger partial charge in [-0.05, 0) is 30.8 Å². The minimum atomic E-state index is -2.33. The molecular formula is C5Ca3Ce3F5O15. The van der Waals surface area contributed by atoms with Crippen molar-refractivity contribution >= 4 is 144 Å². The standard InChI is InChI=1S/5CH2O3.3Ca.3Ce.5FH/c5*2-1(3)4;;;;;;;;;;;/h5*(H2,2,3,4);;;;;;;5*1H/q;;;;;3*+2;3*+3;;;;;/p-15. The molecule has 163 valence electrons. The van der Waals surface area contributed by atoms with Crippen LogP contribution in [0.15, 0.2) is 0 Å². The summed E-state index contributed by atoms with van der Waals surface area (Å²) in [7, 11) is 0. The van der Waals surface area contributed by atoms with E-state index in [4.69, 9.17) is 75.0 Å². The predicted octanol–water partition coefficient (Wildman–Crippen LogP) is -28.4. The second-order valence-electron chi connectivity index (χ2n) is 1.25. The van der Waals surface area contributed by atoms with Crippen LogP contribution in [0, 0.1) is 125 Å². The summed E-state index contributed by atoms with van der Waals surface area (Å²) in [5, 5.41) is 83.3. The van der Waals surface area contributed by atoms with Crippen molar-refractivity contribution in [2.45, 2.75) is 0 Å². The monoisotopic (exact) mass is 935 g/mol. The zero-order valence-electron chi connectivity index (χ0n) is 14.1. The zero-order chi connectivity index (χ0) is 17.9. The third kappa shape index (κ3) is 2260. The molecule has 31 heavy (non-hydrogen) atoms. The van der Waals surface area contributed by atoms with Gasteiger partial charge in [0.05, 0.1) is 0 Å². The molecule has 0 aliphatic rings. The van der Waals surface area contributed by atoms with Gasteiger partial charge in [-0.3, -0.25) is 0 Å². The Labute approximate surface area is 359 Å². The second-order valence-corrected chi connectivity index (χ2v) is 1.25. The average Bonchev–Trinajstić information content (AvgIpc) is 1.94. The minimum absolute atomic E-state index is 0. The molecule has 0 aliphatic heterocycles. The van der Waals surface area contributed by atoms with Crippen molar-refractivity contribution in [1.29, 1.82) is 0 Å². The molecule has 0 saturated carbocycles. The molecular weight excluding hydrogens is 936 g/mol. The Morgan fingerprint density at radius 2 is 0.290 bits per heavy atom. The van der Waals surface area contributed by atoms with E-state index in [9.17, 15) is 0 Å². The third-order valence-electron chi connectivity index (χ3n) is 0. The molecule has 0 bridgehead atoms. The van der Waals surface area contributed by atoms with Crippen LogP contribution in [0.5, 0.6) is 0 Å². The first-order chi connectivity index (χ1) is 8.66. The molecule has 0 amide bonds. The maximum Gasteiger partial charge on any atom is 3.00 e. The minimum Gasteiger partial charge on any atom is -1.00 e. The fourth-order valence-corrected chi connectivity index (χ4v) is 0. The van der Waals surface area contributed by atoms with Crippen molar-refractivity contribution in [3.8, 4) is 0 Å². The molecule has 26 heteroatoms. The first kappa shape index (κ1) is 112. The Hall–Kier alpha value is 3.91. The fourth-order valence-electron chi connectivity index (χ4n) is 0. The predicted molar refractivity (Wildman–Crippen MR) is 44.2 cm³/mol. The van der Waals surface area contributed by atoms with E-state index in [2.05, 4.69) is 0 Å². The molecule has 0 atom stereocenters. The quantitative estimate of drug-likeness (QED) is 0.161. The van der Waals surface area contributed by atoms with Crippen LogP contribution in [0.25, 0.3) is 0 Å². The van der Waals surface area contributed by atoms with Gasteiger partial charge in [-0.1, -0.05) is 0 Å². The molecule has 0 saturated heterocycles. The smallest absolute Gasteiger partial charge is 1.00 e. The summed E-state index contributed by atoms with van der Waals surface area (Å²) < 4.78 is 0. The molecule has 0 unspecified atom stereocenters. The van der Waals surface area contributed by atoms with E-state index in [1.807, 2.05) is 0 Å². The second kappa shape index (κ2) is 103. The molecule has 3 radical (unpaired) electrons. The van der Waals surface area contributed by atoms with Crippen molar-refractivity contribution in [2.75, 3.05) is 0 Å². The van der Waals surface area contributed by atoms with Crippen LogP contribution in [-0.4, -0.2) is 144 Å². The zero-order valence-corrected chi connectivity index (χ0v) is 30.2. The molecule has 15 nitrogen and oxygen atoms in total. The molecule has 0 heterocycles. The van der Waals surface area contributed by atoms with Crippen LogP contribution in [0.2, 0.25) is 0 Å². The van der Waals surface area contributed by atoms with Gasteiger partial charge in [0, 0.05) is 0 Å². The Bertz CT molecular complexity index is 247. The van der Waals surface area contributed by atoms with E-state index in [1.54, 1.807) is 0 Å². The Morgan fingerprint density at radius 1 is 0.290 bits per heavy atom.